The van der Waals surface area contributed by atoms with Crippen molar-refractivity contribution < 1.29 is 0 Å². The van der Waals surface area contributed by atoms with Crippen LogP contribution >= 0.6 is 0 Å². The van der Waals surface area contributed by atoms with Crippen LogP contribution < -0.4 is 9.80 Å². The van der Waals surface area contributed by atoms with Gasteiger partial charge in [-0.3, -0.25) is 0 Å². The van der Waals surface area contributed by atoms with E-state index in [1.807, 2.05) is 12.1 Å². The predicted molar refractivity (Wildman–Crippen MR) is 161 cm³/mol. The molecular formula is C35H30N4. The van der Waals surface area contributed by atoms with Crippen molar-refractivity contribution in [1.29, 1.82) is 0 Å². The third-order valence-corrected chi connectivity index (χ3v) is 8.10. The molecule has 0 bridgehead atoms. The highest BCUT2D eigenvalue weighted by Crippen LogP contribution is 2.56. The van der Waals surface area contributed by atoms with Gasteiger partial charge in [-0.25, -0.2) is 9.97 Å². The Hall–Kier alpha value is -4.70. The quantitative estimate of drug-likeness (QED) is 0.223. The number of hydrogen-bond donors (Lipinski definition) is 0. The number of para-hydroxylation sites is 2. The summed E-state index contributed by atoms with van der Waals surface area (Å²) in [5.74, 6) is 2.45. The van der Waals surface area contributed by atoms with Crippen LogP contribution in [0.2, 0.25) is 0 Å². The molecule has 0 spiro atoms. The van der Waals surface area contributed by atoms with E-state index < -0.39 is 0 Å². The number of benzene rings is 4. The molecular weight excluding hydrogens is 476 g/mol. The summed E-state index contributed by atoms with van der Waals surface area (Å²) >= 11 is 0. The first kappa shape index (κ1) is 23.4. The van der Waals surface area contributed by atoms with E-state index in [1.165, 1.54) is 11.3 Å². The maximum Gasteiger partial charge on any atom is 0.179 e. The molecule has 0 saturated heterocycles. The third-order valence-electron chi connectivity index (χ3n) is 8.10. The molecule has 2 aliphatic rings. The molecule has 3 heterocycles. The van der Waals surface area contributed by atoms with Gasteiger partial charge in [0.05, 0.1) is 11.4 Å². The Balaban J connectivity index is 1.54. The zero-order chi connectivity index (χ0) is 26.3. The molecule has 1 aromatic heterocycles. The largest absolute Gasteiger partial charge is 0.302 e. The summed E-state index contributed by atoms with van der Waals surface area (Å²) in [6.07, 6.45) is 3.02. The number of hydrogen-bond acceptors (Lipinski definition) is 4. The molecule has 0 fully saturated rings. The molecule has 39 heavy (non-hydrogen) atoms. The van der Waals surface area contributed by atoms with Gasteiger partial charge in [0.2, 0.25) is 0 Å². The lowest BCUT2D eigenvalue weighted by Crippen LogP contribution is -2.48. The molecule has 3 atom stereocenters. The molecule has 0 aliphatic carbocycles. The molecule has 5 aromatic rings. The average molecular weight is 507 g/mol. The van der Waals surface area contributed by atoms with Crippen molar-refractivity contribution in [1.82, 2.24) is 9.97 Å². The van der Waals surface area contributed by atoms with Gasteiger partial charge in [-0.05, 0) is 36.1 Å². The normalized spacial score (nSPS) is 19.3. The van der Waals surface area contributed by atoms with Gasteiger partial charge in [-0.15, -0.1) is 6.58 Å². The zero-order valence-corrected chi connectivity index (χ0v) is 22.0. The van der Waals surface area contributed by atoms with Gasteiger partial charge in [-0.2, -0.15) is 0 Å². The fourth-order valence-electron chi connectivity index (χ4n) is 6.32. The highest BCUT2D eigenvalue weighted by Gasteiger charge is 2.49. The first-order valence-electron chi connectivity index (χ1n) is 13.6. The van der Waals surface area contributed by atoms with Crippen LogP contribution in [0.5, 0.6) is 0 Å². The van der Waals surface area contributed by atoms with E-state index in [2.05, 4.69) is 133 Å². The summed E-state index contributed by atoms with van der Waals surface area (Å²) in [7, 11) is 0. The van der Waals surface area contributed by atoms with Crippen molar-refractivity contribution in [3.8, 4) is 22.5 Å². The minimum Gasteiger partial charge on any atom is -0.302 e. The number of fused-ring (bicyclic) bond motifs is 5. The second-order valence-corrected chi connectivity index (χ2v) is 10.3. The van der Waals surface area contributed by atoms with Crippen molar-refractivity contribution in [3.05, 3.63) is 133 Å². The monoisotopic (exact) mass is 506 g/mol. The summed E-state index contributed by atoms with van der Waals surface area (Å²) in [5.41, 5.74) is 7.57. The summed E-state index contributed by atoms with van der Waals surface area (Å²) in [6.45, 7) is 6.46. The molecule has 7 rings (SSSR count). The van der Waals surface area contributed by atoms with E-state index in [4.69, 9.17) is 9.97 Å². The van der Waals surface area contributed by atoms with Gasteiger partial charge in [0.25, 0.3) is 0 Å². The Kier molecular flexibility index (Phi) is 5.74. The average Bonchev–Trinajstić information content (AvgIpc) is 3.34. The topological polar surface area (TPSA) is 32.3 Å². The Bertz CT molecular complexity index is 1630. The second-order valence-electron chi connectivity index (χ2n) is 10.3. The van der Waals surface area contributed by atoms with Crippen molar-refractivity contribution in [2.24, 2.45) is 5.92 Å². The van der Waals surface area contributed by atoms with E-state index in [-0.39, 0.29) is 6.17 Å². The summed E-state index contributed by atoms with van der Waals surface area (Å²) in [5, 5.41) is 0. The SMILES string of the molecule is C=CCC1c2ccccc2N2c3nc(-c4ccccc4)c(-c4ccccc4)nc3N(c3ccccc3)C2C1C. The number of aromatic nitrogens is 2. The number of allylic oxidation sites excluding steroid dienone is 1. The lowest BCUT2D eigenvalue weighted by molar-refractivity contribution is 0.368. The highest BCUT2D eigenvalue weighted by molar-refractivity contribution is 5.90. The molecule has 4 heteroatoms. The Morgan fingerprint density at radius 2 is 1.18 bits per heavy atom. The first-order chi connectivity index (χ1) is 19.3. The molecule has 2 aliphatic heterocycles. The molecule has 190 valence electrons. The van der Waals surface area contributed by atoms with Gasteiger partial charge in [0.1, 0.15) is 6.17 Å². The fraction of sp³-hybridized carbons (Fsp3) is 0.143. The van der Waals surface area contributed by atoms with E-state index in [0.717, 1.165) is 46.3 Å². The number of nitrogens with zero attached hydrogens (tertiary/aromatic N) is 4. The van der Waals surface area contributed by atoms with Crippen molar-refractivity contribution >= 4 is 23.0 Å². The third kappa shape index (κ3) is 3.75. The van der Waals surface area contributed by atoms with Crippen LogP contribution in [-0.4, -0.2) is 16.1 Å². The van der Waals surface area contributed by atoms with E-state index in [9.17, 15) is 0 Å². The maximum atomic E-state index is 5.47. The lowest BCUT2D eigenvalue weighted by Gasteiger charge is -2.45. The van der Waals surface area contributed by atoms with Gasteiger partial charge in [0.15, 0.2) is 11.6 Å². The van der Waals surface area contributed by atoms with E-state index in [1.54, 1.807) is 0 Å². The Morgan fingerprint density at radius 3 is 1.77 bits per heavy atom. The predicted octanol–water partition coefficient (Wildman–Crippen LogP) is 8.74. The van der Waals surface area contributed by atoms with Crippen LogP contribution in [0, 0.1) is 5.92 Å². The standard InChI is InChI=1S/C35H30N4/c1-3-15-28-24(2)35-38(27-20-11-6-12-21-27)33-34(39(35)30-23-14-13-22-29(28)30)37-32(26-18-9-5-10-19-26)31(36-33)25-16-7-4-8-17-25/h3-14,16-24,28,35H,1,15H2,2H3. The van der Waals surface area contributed by atoms with Crippen LogP contribution in [0.15, 0.2) is 128 Å². The van der Waals surface area contributed by atoms with E-state index >= 15 is 0 Å². The number of rotatable bonds is 5. The van der Waals surface area contributed by atoms with Crippen molar-refractivity contribution in [2.75, 3.05) is 9.80 Å². The van der Waals surface area contributed by atoms with Crippen LogP contribution in [0.1, 0.15) is 24.8 Å². The van der Waals surface area contributed by atoms with Gasteiger partial charge in [-0.1, -0.05) is 110 Å². The minimum absolute atomic E-state index is 0.0388. The fourth-order valence-corrected chi connectivity index (χ4v) is 6.32. The molecule has 4 nitrogen and oxygen atoms in total. The lowest BCUT2D eigenvalue weighted by atomic mass is 9.78. The maximum absolute atomic E-state index is 5.47. The highest BCUT2D eigenvalue weighted by atomic mass is 15.5. The van der Waals surface area contributed by atoms with Gasteiger partial charge < -0.3 is 9.80 Å². The van der Waals surface area contributed by atoms with Crippen molar-refractivity contribution in [3.63, 3.8) is 0 Å². The van der Waals surface area contributed by atoms with Crippen LogP contribution in [0.3, 0.4) is 0 Å². The van der Waals surface area contributed by atoms with E-state index in [0.29, 0.717) is 11.8 Å². The molecule has 0 saturated carbocycles. The zero-order valence-electron chi connectivity index (χ0n) is 22.0. The molecule has 3 unspecified atom stereocenters. The van der Waals surface area contributed by atoms with Crippen LogP contribution in [-0.2, 0) is 0 Å². The van der Waals surface area contributed by atoms with Crippen LogP contribution in [0.4, 0.5) is 23.0 Å². The first-order valence-corrected chi connectivity index (χ1v) is 13.6. The Labute approximate surface area is 229 Å². The summed E-state index contributed by atoms with van der Waals surface area (Å²) < 4.78 is 0. The molecule has 0 amide bonds. The molecule has 0 radical (unpaired) electrons. The van der Waals surface area contributed by atoms with Crippen molar-refractivity contribution in [2.45, 2.75) is 25.4 Å². The van der Waals surface area contributed by atoms with Crippen LogP contribution in [0.25, 0.3) is 22.5 Å². The molecule has 4 aromatic carbocycles. The smallest absolute Gasteiger partial charge is 0.179 e. The molecule has 0 N–H and O–H groups in total. The summed E-state index contributed by atoms with van der Waals surface area (Å²) in [4.78, 5) is 15.8. The van der Waals surface area contributed by atoms with Gasteiger partial charge >= 0.3 is 0 Å². The number of anilines is 4. The minimum atomic E-state index is 0.0388. The van der Waals surface area contributed by atoms with Gasteiger partial charge in [0, 0.05) is 28.4 Å². The second kappa shape index (κ2) is 9.55. The summed E-state index contributed by atoms with van der Waals surface area (Å²) in [6, 6.07) is 40.2. The Morgan fingerprint density at radius 1 is 0.667 bits per heavy atom.